The summed E-state index contributed by atoms with van der Waals surface area (Å²) in [6.45, 7) is 3.99. The molecule has 2 aromatic carbocycles. The third-order valence-corrected chi connectivity index (χ3v) is 4.02. The Morgan fingerprint density at radius 3 is 2.52 bits per heavy atom. The van der Waals surface area contributed by atoms with E-state index >= 15 is 0 Å². The fourth-order valence-corrected chi connectivity index (χ4v) is 2.81. The van der Waals surface area contributed by atoms with Gasteiger partial charge in [-0.1, -0.05) is 0 Å². The van der Waals surface area contributed by atoms with Gasteiger partial charge in [0.05, 0.1) is 18.0 Å². The van der Waals surface area contributed by atoms with E-state index in [-0.39, 0.29) is 11.9 Å². The molecule has 0 unspecified atom stereocenters. The normalized spacial score (nSPS) is 11.2. The summed E-state index contributed by atoms with van der Waals surface area (Å²) in [5, 5.41) is 6.78. The van der Waals surface area contributed by atoms with Crippen molar-refractivity contribution in [2.24, 2.45) is 5.10 Å². The first-order valence-electron chi connectivity index (χ1n) is 7.87. The molecular formula is C19H18FN3OS. The topological polar surface area (TPSA) is 46.5 Å². The van der Waals surface area contributed by atoms with Crippen LogP contribution in [0.25, 0.3) is 11.3 Å². The Morgan fingerprint density at radius 2 is 1.84 bits per heavy atom. The van der Waals surface area contributed by atoms with Crippen LogP contribution in [0.3, 0.4) is 0 Å². The van der Waals surface area contributed by atoms with Crippen molar-refractivity contribution in [3.8, 4) is 17.0 Å². The lowest BCUT2D eigenvalue weighted by molar-refractivity contribution is 0.242. The van der Waals surface area contributed by atoms with Crippen molar-refractivity contribution in [2.75, 3.05) is 5.43 Å². The lowest BCUT2D eigenvalue weighted by atomic mass is 10.2. The molecule has 128 valence electrons. The van der Waals surface area contributed by atoms with Gasteiger partial charge >= 0.3 is 0 Å². The zero-order chi connectivity index (χ0) is 17.6. The highest BCUT2D eigenvalue weighted by Gasteiger charge is 2.04. The van der Waals surface area contributed by atoms with Crippen LogP contribution < -0.4 is 10.2 Å². The van der Waals surface area contributed by atoms with Crippen LogP contribution in [0.15, 0.2) is 59.0 Å². The largest absolute Gasteiger partial charge is 0.491 e. The van der Waals surface area contributed by atoms with Crippen molar-refractivity contribution in [1.82, 2.24) is 4.98 Å². The molecule has 0 spiro atoms. The molecule has 0 atom stereocenters. The number of hydrogen-bond donors (Lipinski definition) is 1. The molecule has 0 radical (unpaired) electrons. The Balaban J connectivity index is 1.60. The lowest BCUT2D eigenvalue weighted by Gasteiger charge is -2.08. The van der Waals surface area contributed by atoms with Gasteiger partial charge in [0.25, 0.3) is 0 Å². The molecule has 0 aliphatic rings. The van der Waals surface area contributed by atoms with E-state index < -0.39 is 0 Å². The zero-order valence-corrected chi connectivity index (χ0v) is 14.8. The third kappa shape index (κ3) is 4.87. The zero-order valence-electron chi connectivity index (χ0n) is 13.9. The van der Waals surface area contributed by atoms with Crippen molar-refractivity contribution in [3.63, 3.8) is 0 Å². The second kappa shape index (κ2) is 7.90. The van der Waals surface area contributed by atoms with Gasteiger partial charge in [0.1, 0.15) is 11.6 Å². The van der Waals surface area contributed by atoms with E-state index in [4.69, 9.17) is 4.74 Å². The van der Waals surface area contributed by atoms with E-state index in [9.17, 15) is 4.39 Å². The van der Waals surface area contributed by atoms with Crippen molar-refractivity contribution in [1.29, 1.82) is 0 Å². The molecule has 0 bridgehead atoms. The summed E-state index contributed by atoms with van der Waals surface area (Å²) in [6, 6.07) is 14.0. The smallest absolute Gasteiger partial charge is 0.203 e. The molecule has 1 aromatic heterocycles. The molecule has 0 saturated heterocycles. The first-order valence-corrected chi connectivity index (χ1v) is 8.75. The summed E-state index contributed by atoms with van der Waals surface area (Å²) in [6.07, 6.45) is 1.87. The van der Waals surface area contributed by atoms with Crippen molar-refractivity contribution >= 4 is 22.7 Å². The Labute approximate surface area is 150 Å². The molecule has 0 amide bonds. The quantitative estimate of drug-likeness (QED) is 0.489. The highest BCUT2D eigenvalue weighted by atomic mass is 32.1. The van der Waals surface area contributed by atoms with Gasteiger partial charge in [-0.2, -0.15) is 5.10 Å². The van der Waals surface area contributed by atoms with Crippen molar-refractivity contribution in [3.05, 3.63) is 65.3 Å². The highest BCUT2D eigenvalue weighted by Crippen LogP contribution is 2.25. The minimum absolute atomic E-state index is 0.154. The average Bonchev–Trinajstić information content (AvgIpc) is 3.05. The molecular weight excluding hydrogens is 337 g/mol. The van der Waals surface area contributed by atoms with Gasteiger partial charge in [0.2, 0.25) is 5.13 Å². The molecule has 4 nitrogen and oxygen atoms in total. The summed E-state index contributed by atoms with van der Waals surface area (Å²) < 4.78 is 18.6. The minimum Gasteiger partial charge on any atom is -0.491 e. The van der Waals surface area contributed by atoms with E-state index in [0.29, 0.717) is 5.13 Å². The Kier molecular flexibility index (Phi) is 5.40. The SMILES string of the molecule is CC(C)Oc1ccc(/C=N\Nc2nc(-c3ccc(F)cc3)cs2)cc1. The molecule has 0 aliphatic carbocycles. The average molecular weight is 355 g/mol. The minimum atomic E-state index is -0.258. The molecule has 0 fully saturated rings. The van der Waals surface area contributed by atoms with Gasteiger partial charge < -0.3 is 4.74 Å². The van der Waals surface area contributed by atoms with Gasteiger partial charge in [-0.05, 0) is 67.9 Å². The second-order valence-corrected chi connectivity index (χ2v) is 6.51. The Morgan fingerprint density at radius 1 is 1.12 bits per heavy atom. The number of thiazole rings is 1. The van der Waals surface area contributed by atoms with Crippen LogP contribution in [-0.2, 0) is 0 Å². The lowest BCUT2D eigenvalue weighted by Crippen LogP contribution is -2.05. The molecule has 6 heteroatoms. The van der Waals surface area contributed by atoms with Gasteiger partial charge in [0.15, 0.2) is 0 Å². The number of hydrogen-bond acceptors (Lipinski definition) is 5. The maximum atomic E-state index is 13.0. The maximum Gasteiger partial charge on any atom is 0.203 e. The van der Waals surface area contributed by atoms with E-state index in [1.807, 2.05) is 43.5 Å². The number of anilines is 1. The summed E-state index contributed by atoms with van der Waals surface area (Å²) in [7, 11) is 0. The first kappa shape index (κ1) is 17.1. The number of halogens is 1. The van der Waals surface area contributed by atoms with Gasteiger partial charge in [-0.15, -0.1) is 11.3 Å². The predicted molar refractivity (Wildman–Crippen MR) is 101 cm³/mol. The summed E-state index contributed by atoms with van der Waals surface area (Å²) in [5.74, 6) is 0.579. The first-order chi connectivity index (χ1) is 12.1. The van der Waals surface area contributed by atoms with Crippen molar-refractivity contribution < 1.29 is 9.13 Å². The van der Waals surface area contributed by atoms with Crippen molar-refractivity contribution in [2.45, 2.75) is 20.0 Å². The number of nitrogens with one attached hydrogen (secondary N) is 1. The van der Waals surface area contributed by atoms with Crippen LogP contribution in [-0.4, -0.2) is 17.3 Å². The number of benzene rings is 2. The van der Waals surface area contributed by atoms with E-state index in [0.717, 1.165) is 22.6 Å². The van der Waals surface area contributed by atoms with Crippen LogP contribution in [0, 0.1) is 5.82 Å². The molecule has 25 heavy (non-hydrogen) atoms. The fraction of sp³-hybridized carbons (Fsp3) is 0.158. The number of nitrogens with zero attached hydrogens (tertiary/aromatic N) is 2. The third-order valence-electron chi connectivity index (χ3n) is 3.27. The van der Waals surface area contributed by atoms with E-state index in [1.165, 1.54) is 23.5 Å². The Hall–Kier alpha value is -2.73. The molecule has 0 aliphatic heterocycles. The monoisotopic (exact) mass is 355 g/mol. The van der Waals surface area contributed by atoms with E-state index in [1.54, 1.807) is 18.3 Å². The van der Waals surface area contributed by atoms with Crippen LogP contribution >= 0.6 is 11.3 Å². The molecule has 1 heterocycles. The summed E-state index contributed by atoms with van der Waals surface area (Å²) in [5.41, 5.74) is 5.53. The fourth-order valence-electron chi connectivity index (χ4n) is 2.14. The number of hydrazone groups is 1. The van der Waals surface area contributed by atoms with Crippen LogP contribution in [0.2, 0.25) is 0 Å². The summed E-state index contributed by atoms with van der Waals surface area (Å²) in [4.78, 5) is 4.44. The Bertz CT molecular complexity index is 842. The van der Waals surface area contributed by atoms with Crippen LogP contribution in [0.4, 0.5) is 9.52 Å². The van der Waals surface area contributed by atoms with E-state index in [2.05, 4.69) is 15.5 Å². The molecule has 3 aromatic rings. The van der Waals surface area contributed by atoms with Crippen LogP contribution in [0.5, 0.6) is 5.75 Å². The van der Waals surface area contributed by atoms with Gasteiger partial charge in [-0.25, -0.2) is 9.37 Å². The highest BCUT2D eigenvalue weighted by molar-refractivity contribution is 7.14. The number of rotatable bonds is 6. The molecule has 3 rings (SSSR count). The van der Waals surface area contributed by atoms with Crippen LogP contribution in [0.1, 0.15) is 19.4 Å². The summed E-state index contributed by atoms with van der Waals surface area (Å²) >= 11 is 1.44. The maximum absolute atomic E-state index is 13.0. The number of ether oxygens (including phenoxy) is 1. The van der Waals surface area contributed by atoms with Gasteiger partial charge in [0, 0.05) is 10.9 Å². The van der Waals surface area contributed by atoms with Gasteiger partial charge in [-0.3, -0.25) is 5.43 Å². The standard InChI is InChI=1S/C19H18FN3OS/c1-13(2)24-17-9-3-14(4-10-17)11-21-23-19-22-18(12-25-19)15-5-7-16(20)8-6-15/h3-13H,1-2H3,(H,22,23)/b21-11-. The molecule has 0 saturated carbocycles. The predicted octanol–water partition coefficient (Wildman–Crippen LogP) is 5.18. The number of aromatic nitrogens is 1. The second-order valence-electron chi connectivity index (χ2n) is 5.65. The molecule has 1 N–H and O–H groups in total.